The minimum atomic E-state index is 1.26. The summed E-state index contributed by atoms with van der Waals surface area (Å²) < 4.78 is 3.00. The summed E-state index contributed by atoms with van der Waals surface area (Å²) in [5.74, 6) is 0. The van der Waals surface area contributed by atoms with Crippen LogP contribution in [0, 0.1) is 0 Å². The molecule has 0 aromatic rings. The lowest BCUT2D eigenvalue weighted by atomic mass is 10.2. The molecule has 0 fully saturated rings. The molecule has 88 valence electrons. The van der Waals surface area contributed by atoms with Gasteiger partial charge in [0.25, 0.3) is 0 Å². The molecule has 0 bridgehead atoms. The molecule has 0 spiro atoms. The normalized spacial score (nSPS) is 20.4. The maximum Gasteiger partial charge on any atom is 0.0699 e. The van der Waals surface area contributed by atoms with Crippen molar-refractivity contribution < 1.29 is 0 Å². The third kappa shape index (κ3) is 3.09. The van der Waals surface area contributed by atoms with Crippen LogP contribution in [0.15, 0.2) is 29.1 Å². The molecule has 0 saturated heterocycles. The maximum absolute atomic E-state index is 2.27. The van der Waals surface area contributed by atoms with E-state index >= 15 is 0 Å². The largest absolute Gasteiger partial charge is 0.0884 e. The molecule has 0 saturated carbocycles. The van der Waals surface area contributed by atoms with E-state index in [1.165, 1.54) is 34.2 Å². The van der Waals surface area contributed by atoms with Crippen LogP contribution in [-0.2, 0) is 0 Å². The van der Waals surface area contributed by atoms with Gasteiger partial charge in [-0.25, -0.2) is 0 Å². The number of rotatable bonds is 4. The van der Waals surface area contributed by atoms with Gasteiger partial charge >= 0.3 is 0 Å². The summed E-state index contributed by atoms with van der Waals surface area (Å²) in [6, 6.07) is 0. The van der Waals surface area contributed by atoms with Crippen molar-refractivity contribution in [1.82, 2.24) is 0 Å². The molecule has 0 amide bonds. The van der Waals surface area contributed by atoms with Crippen LogP contribution < -0.4 is 0 Å². The predicted octanol–water partition coefficient (Wildman–Crippen LogP) is 6.36. The zero-order valence-corrected chi connectivity index (χ0v) is 12.9. The van der Waals surface area contributed by atoms with E-state index in [1.807, 2.05) is 47.0 Å². The first-order valence-corrected chi connectivity index (χ1v) is 9.04. The standard InChI is InChI=1S/C12H16S4/c1-3-5-9-10(6-4-2)16-12(15-9)11-13-7-8-14-11/h7-8H,3-6H2,1-2H3. The molecule has 2 rings (SSSR count). The van der Waals surface area contributed by atoms with Crippen LogP contribution >= 0.6 is 47.0 Å². The summed E-state index contributed by atoms with van der Waals surface area (Å²) in [6.45, 7) is 4.54. The van der Waals surface area contributed by atoms with E-state index < -0.39 is 0 Å². The highest BCUT2D eigenvalue weighted by atomic mass is 32.2. The Bertz CT molecular complexity index is 322. The highest BCUT2D eigenvalue weighted by Gasteiger charge is 2.23. The average molecular weight is 289 g/mol. The first-order chi connectivity index (χ1) is 7.85. The summed E-state index contributed by atoms with van der Waals surface area (Å²) in [7, 11) is 0. The van der Waals surface area contributed by atoms with Crippen LogP contribution in [0.4, 0.5) is 0 Å². The molecule has 0 aliphatic carbocycles. The molecule has 2 heterocycles. The number of hydrogen-bond acceptors (Lipinski definition) is 4. The van der Waals surface area contributed by atoms with Crippen LogP contribution in [0.1, 0.15) is 39.5 Å². The van der Waals surface area contributed by atoms with Gasteiger partial charge in [0.1, 0.15) is 0 Å². The summed E-state index contributed by atoms with van der Waals surface area (Å²) in [6.07, 6.45) is 5.04. The average Bonchev–Trinajstić information content (AvgIpc) is 2.89. The van der Waals surface area contributed by atoms with Crippen molar-refractivity contribution in [2.45, 2.75) is 39.5 Å². The summed E-state index contributed by atoms with van der Waals surface area (Å²) >= 11 is 7.79. The van der Waals surface area contributed by atoms with Crippen molar-refractivity contribution >= 4 is 47.0 Å². The minimum absolute atomic E-state index is 1.26. The first kappa shape index (κ1) is 13.1. The second kappa shape index (κ2) is 6.53. The lowest BCUT2D eigenvalue weighted by Crippen LogP contribution is -1.78. The van der Waals surface area contributed by atoms with Crippen molar-refractivity contribution in [2.24, 2.45) is 0 Å². The molecule has 16 heavy (non-hydrogen) atoms. The zero-order valence-electron chi connectivity index (χ0n) is 9.62. The maximum atomic E-state index is 2.27. The summed E-state index contributed by atoms with van der Waals surface area (Å²) in [5, 5.41) is 4.37. The molecule has 2 aliphatic rings. The molecule has 0 N–H and O–H groups in total. The summed E-state index contributed by atoms with van der Waals surface area (Å²) in [5.41, 5.74) is 0. The van der Waals surface area contributed by atoms with E-state index in [2.05, 4.69) is 24.7 Å². The Morgan fingerprint density at radius 3 is 1.75 bits per heavy atom. The third-order valence-electron chi connectivity index (χ3n) is 2.27. The molecule has 0 aromatic heterocycles. The Balaban J connectivity index is 2.08. The van der Waals surface area contributed by atoms with Gasteiger partial charge in [-0.15, -0.1) is 0 Å². The highest BCUT2D eigenvalue weighted by Crippen LogP contribution is 2.58. The third-order valence-corrected chi connectivity index (χ3v) is 7.72. The fourth-order valence-corrected chi connectivity index (χ4v) is 6.78. The minimum Gasteiger partial charge on any atom is -0.0884 e. The van der Waals surface area contributed by atoms with Gasteiger partial charge in [-0.3, -0.25) is 0 Å². The Morgan fingerprint density at radius 1 is 0.812 bits per heavy atom. The van der Waals surface area contributed by atoms with Crippen LogP contribution in [0.5, 0.6) is 0 Å². The number of thioether (sulfide) groups is 4. The fourth-order valence-electron chi connectivity index (χ4n) is 1.58. The summed E-state index contributed by atoms with van der Waals surface area (Å²) in [4.78, 5) is 3.26. The lowest BCUT2D eigenvalue weighted by molar-refractivity contribution is 0.905. The Kier molecular flexibility index (Phi) is 5.33. The van der Waals surface area contributed by atoms with Crippen molar-refractivity contribution in [3.8, 4) is 0 Å². The smallest absolute Gasteiger partial charge is 0.0699 e. The SMILES string of the molecule is CCCC1=C(CCC)SC(=C2SC=CS2)S1. The van der Waals surface area contributed by atoms with Crippen LogP contribution in [0.3, 0.4) is 0 Å². The molecule has 0 aromatic carbocycles. The van der Waals surface area contributed by atoms with Crippen LogP contribution in [-0.4, -0.2) is 0 Å². The molecule has 0 atom stereocenters. The Labute approximate surface area is 115 Å². The predicted molar refractivity (Wildman–Crippen MR) is 83.4 cm³/mol. The van der Waals surface area contributed by atoms with E-state index in [4.69, 9.17) is 0 Å². The number of hydrogen-bond donors (Lipinski definition) is 0. The van der Waals surface area contributed by atoms with Gasteiger partial charge < -0.3 is 0 Å². The van der Waals surface area contributed by atoms with Gasteiger partial charge in [-0.2, -0.15) is 0 Å². The molecule has 0 radical (unpaired) electrons. The molecular weight excluding hydrogens is 272 g/mol. The molecule has 0 unspecified atom stereocenters. The van der Waals surface area contributed by atoms with E-state index in [-0.39, 0.29) is 0 Å². The van der Waals surface area contributed by atoms with Gasteiger partial charge in [0.15, 0.2) is 0 Å². The zero-order chi connectivity index (χ0) is 11.4. The van der Waals surface area contributed by atoms with Gasteiger partial charge in [-0.05, 0) is 23.7 Å². The van der Waals surface area contributed by atoms with E-state index in [0.29, 0.717) is 0 Å². The van der Waals surface area contributed by atoms with Crippen molar-refractivity contribution in [3.05, 3.63) is 29.1 Å². The van der Waals surface area contributed by atoms with Gasteiger partial charge in [0.2, 0.25) is 0 Å². The van der Waals surface area contributed by atoms with Crippen LogP contribution in [0.25, 0.3) is 0 Å². The lowest BCUT2D eigenvalue weighted by Gasteiger charge is -2.00. The van der Waals surface area contributed by atoms with E-state index in [9.17, 15) is 0 Å². The molecule has 4 heteroatoms. The van der Waals surface area contributed by atoms with Crippen molar-refractivity contribution in [2.75, 3.05) is 0 Å². The Hall–Kier alpha value is 0.620. The van der Waals surface area contributed by atoms with Crippen LogP contribution in [0.2, 0.25) is 0 Å². The first-order valence-electron chi connectivity index (χ1n) is 5.65. The molecule has 0 nitrogen and oxygen atoms in total. The fraction of sp³-hybridized carbons (Fsp3) is 0.500. The highest BCUT2D eigenvalue weighted by molar-refractivity contribution is 8.33. The monoisotopic (exact) mass is 288 g/mol. The second-order valence-electron chi connectivity index (χ2n) is 3.63. The molecular formula is C12H16S4. The second-order valence-corrected chi connectivity index (χ2v) is 8.19. The topological polar surface area (TPSA) is 0 Å². The van der Waals surface area contributed by atoms with Crippen molar-refractivity contribution in [1.29, 1.82) is 0 Å². The van der Waals surface area contributed by atoms with Gasteiger partial charge in [-0.1, -0.05) is 73.7 Å². The Morgan fingerprint density at radius 2 is 1.31 bits per heavy atom. The number of allylic oxidation sites excluding steroid dienone is 2. The molecule has 2 aliphatic heterocycles. The van der Waals surface area contributed by atoms with E-state index in [1.54, 1.807) is 9.81 Å². The quantitative estimate of drug-likeness (QED) is 0.590. The van der Waals surface area contributed by atoms with Gasteiger partial charge in [0, 0.05) is 9.81 Å². The van der Waals surface area contributed by atoms with Gasteiger partial charge in [0.05, 0.1) is 8.47 Å². The van der Waals surface area contributed by atoms with E-state index in [0.717, 1.165) is 0 Å². The van der Waals surface area contributed by atoms with Crippen molar-refractivity contribution in [3.63, 3.8) is 0 Å².